The molecule has 1 aromatic heterocycles. The van der Waals surface area contributed by atoms with Crippen molar-refractivity contribution in [3.8, 4) is 11.4 Å². The Hall–Kier alpha value is -2.93. The van der Waals surface area contributed by atoms with Crippen molar-refractivity contribution >= 4 is 17.0 Å². The fourth-order valence-corrected chi connectivity index (χ4v) is 3.05. The molecule has 0 spiro atoms. The average molecular weight is 397 g/mol. The number of nitrogens with zero attached hydrogens (tertiary/aromatic N) is 3. The monoisotopic (exact) mass is 397 g/mol. The fraction of sp³-hybridized carbons (Fsp3) is 0.409. The number of carbonyl (C=O) groups excluding carboxylic acids is 1. The van der Waals surface area contributed by atoms with E-state index in [0.717, 1.165) is 22.2 Å². The molecule has 3 rings (SSSR count). The lowest BCUT2D eigenvalue weighted by Crippen LogP contribution is -2.16. The molecule has 0 aliphatic rings. The van der Waals surface area contributed by atoms with Gasteiger partial charge < -0.3 is 14.9 Å². The quantitative estimate of drug-likeness (QED) is 0.620. The van der Waals surface area contributed by atoms with Gasteiger partial charge in [-0.2, -0.15) is 0 Å². The largest absolute Gasteiger partial charge is 0.505 e. The Kier molecular flexibility index (Phi) is 5.88. The van der Waals surface area contributed by atoms with Gasteiger partial charge in [-0.05, 0) is 42.5 Å². The maximum atomic E-state index is 11.9. The van der Waals surface area contributed by atoms with Crippen LogP contribution in [0, 0.1) is 0 Å². The number of hydrogen-bond acceptors (Lipinski definition) is 6. The van der Waals surface area contributed by atoms with Gasteiger partial charge in [-0.25, -0.2) is 0 Å². The van der Waals surface area contributed by atoms with Crippen LogP contribution in [0.5, 0.6) is 5.75 Å². The van der Waals surface area contributed by atoms with Crippen molar-refractivity contribution < 1.29 is 19.7 Å². The van der Waals surface area contributed by atoms with E-state index in [1.165, 1.54) is 4.80 Å². The van der Waals surface area contributed by atoms with Crippen LogP contribution < -0.4 is 0 Å². The van der Waals surface area contributed by atoms with Crippen molar-refractivity contribution in [2.75, 3.05) is 6.61 Å². The molecule has 2 N–H and O–H groups in total. The minimum absolute atomic E-state index is 0.0172. The highest BCUT2D eigenvalue weighted by molar-refractivity contribution is 5.74. The first-order valence-corrected chi connectivity index (χ1v) is 9.67. The summed E-state index contributed by atoms with van der Waals surface area (Å²) >= 11 is 0. The number of ether oxygens (including phenoxy) is 1. The summed E-state index contributed by atoms with van der Waals surface area (Å²) in [5.74, 6) is -0.251. The first-order valence-electron chi connectivity index (χ1n) is 9.67. The van der Waals surface area contributed by atoms with Crippen LogP contribution >= 0.6 is 0 Å². The van der Waals surface area contributed by atoms with Crippen molar-refractivity contribution in [3.63, 3.8) is 0 Å². The van der Waals surface area contributed by atoms with Crippen LogP contribution in [-0.4, -0.2) is 43.9 Å². The molecular formula is C22H27N3O4. The molecule has 1 unspecified atom stereocenters. The fourth-order valence-electron chi connectivity index (χ4n) is 3.05. The number of carbonyl (C=O) groups is 1. The molecule has 154 valence electrons. The molecule has 29 heavy (non-hydrogen) atoms. The molecule has 0 bridgehead atoms. The standard InChI is InChI=1S/C22H27N3O4/c1-14(26)13-29-20(27)10-9-15-11-16(22(2,3)4)21(28)19(12-15)25-23-17-7-5-6-8-18(17)24-25/h5-8,11-12,14,26,28H,9-10,13H2,1-4H3. The summed E-state index contributed by atoms with van der Waals surface area (Å²) in [7, 11) is 0. The summed E-state index contributed by atoms with van der Waals surface area (Å²) in [5.41, 5.74) is 3.25. The number of aromatic nitrogens is 3. The van der Waals surface area contributed by atoms with Crippen molar-refractivity contribution in [2.24, 2.45) is 0 Å². The molecule has 0 radical (unpaired) electrons. The number of aliphatic hydroxyl groups excluding tert-OH is 1. The van der Waals surface area contributed by atoms with Gasteiger partial charge in [-0.3, -0.25) is 4.79 Å². The summed E-state index contributed by atoms with van der Waals surface area (Å²) < 4.78 is 5.03. The maximum absolute atomic E-state index is 11.9. The maximum Gasteiger partial charge on any atom is 0.306 e. The van der Waals surface area contributed by atoms with Gasteiger partial charge in [0.15, 0.2) is 0 Å². The molecule has 1 atom stereocenters. The number of rotatable bonds is 6. The van der Waals surface area contributed by atoms with E-state index < -0.39 is 6.10 Å². The number of aromatic hydroxyl groups is 1. The van der Waals surface area contributed by atoms with E-state index in [0.29, 0.717) is 12.1 Å². The summed E-state index contributed by atoms with van der Waals surface area (Å²) in [6.07, 6.45) is -0.0723. The number of aliphatic hydroxyl groups is 1. The van der Waals surface area contributed by atoms with Crippen LogP contribution in [0.4, 0.5) is 0 Å². The Balaban J connectivity index is 1.95. The van der Waals surface area contributed by atoms with Crippen LogP contribution in [0.25, 0.3) is 16.7 Å². The molecule has 7 nitrogen and oxygen atoms in total. The second kappa shape index (κ2) is 8.21. The lowest BCUT2D eigenvalue weighted by atomic mass is 9.84. The Labute approximate surface area is 169 Å². The van der Waals surface area contributed by atoms with Crippen LogP contribution in [0.15, 0.2) is 36.4 Å². The summed E-state index contributed by atoms with van der Waals surface area (Å²) in [4.78, 5) is 13.4. The van der Waals surface area contributed by atoms with E-state index in [1.54, 1.807) is 13.0 Å². The van der Waals surface area contributed by atoms with E-state index >= 15 is 0 Å². The average Bonchev–Trinajstić information content (AvgIpc) is 3.08. The zero-order valence-electron chi connectivity index (χ0n) is 17.2. The third-order valence-corrected chi connectivity index (χ3v) is 4.56. The number of benzene rings is 2. The molecule has 0 amide bonds. The van der Waals surface area contributed by atoms with Crippen molar-refractivity contribution in [1.29, 1.82) is 0 Å². The van der Waals surface area contributed by atoms with Crippen molar-refractivity contribution in [1.82, 2.24) is 15.0 Å². The topological polar surface area (TPSA) is 97.5 Å². The molecule has 2 aromatic carbocycles. The van der Waals surface area contributed by atoms with Gasteiger partial charge in [0, 0.05) is 12.0 Å². The van der Waals surface area contributed by atoms with Gasteiger partial charge in [0.2, 0.25) is 0 Å². The summed E-state index contributed by atoms with van der Waals surface area (Å²) in [6.45, 7) is 7.59. The summed E-state index contributed by atoms with van der Waals surface area (Å²) in [5, 5.41) is 29.1. The Morgan fingerprint density at radius 2 is 1.79 bits per heavy atom. The van der Waals surface area contributed by atoms with E-state index in [4.69, 9.17) is 4.74 Å². The van der Waals surface area contributed by atoms with E-state index in [-0.39, 0.29) is 30.2 Å². The second-order valence-corrected chi connectivity index (χ2v) is 8.27. The molecule has 0 aliphatic heterocycles. The highest BCUT2D eigenvalue weighted by Crippen LogP contribution is 2.36. The molecule has 0 saturated heterocycles. The van der Waals surface area contributed by atoms with E-state index in [1.807, 2.05) is 51.1 Å². The lowest BCUT2D eigenvalue weighted by molar-refractivity contribution is -0.146. The minimum Gasteiger partial charge on any atom is -0.505 e. The minimum atomic E-state index is -0.688. The molecule has 1 heterocycles. The predicted octanol–water partition coefficient (Wildman–Crippen LogP) is 3.28. The van der Waals surface area contributed by atoms with Crippen LogP contribution in [-0.2, 0) is 21.4 Å². The Morgan fingerprint density at radius 1 is 1.17 bits per heavy atom. The highest BCUT2D eigenvalue weighted by Gasteiger charge is 2.23. The van der Waals surface area contributed by atoms with E-state index in [2.05, 4.69) is 10.2 Å². The van der Waals surface area contributed by atoms with Crippen LogP contribution in [0.3, 0.4) is 0 Å². The van der Waals surface area contributed by atoms with Crippen molar-refractivity contribution in [3.05, 3.63) is 47.5 Å². The number of aryl methyl sites for hydroxylation is 1. The van der Waals surface area contributed by atoms with Crippen molar-refractivity contribution in [2.45, 2.75) is 52.1 Å². The van der Waals surface area contributed by atoms with Gasteiger partial charge in [0.25, 0.3) is 0 Å². The smallest absolute Gasteiger partial charge is 0.306 e. The highest BCUT2D eigenvalue weighted by atomic mass is 16.5. The Morgan fingerprint density at radius 3 is 2.34 bits per heavy atom. The lowest BCUT2D eigenvalue weighted by Gasteiger charge is -2.23. The van der Waals surface area contributed by atoms with Crippen LogP contribution in [0.1, 0.15) is 45.2 Å². The molecule has 0 saturated carbocycles. The van der Waals surface area contributed by atoms with Gasteiger partial charge >= 0.3 is 5.97 Å². The molecule has 3 aromatic rings. The summed E-state index contributed by atoms with van der Waals surface area (Å²) in [6, 6.07) is 11.2. The first-order chi connectivity index (χ1) is 13.6. The third kappa shape index (κ3) is 4.92. The molecule has 0 aliphatic carbocycles. The predicted molar refractivity (Wildman–Crippen MR) is 110 cm³/mol. The van der Waals surface area contributed by atoms with Crippen LogP contribution in [0.2, 0.25) is 0 Å². The molecular weight excluding hydrogens is 370 g/mol. The van der Waals surface area contributed by atoms with E-state index in [9.17, 15) is 15.0 Å². The van der Waals surface area contributed by atoms with Gasteiger partial charge in [0.05, 0.1) is 6.10 Å². The SMILES string of the molecule is CC(O)COC(=O)CCc1cc(-n2nc3ccccc3n2)c(O)c(C(C)(C)C)c1. The van der Waals surface area contributed by atoms with Gasteiger partial charge in [0.1, 0.15) is 29.1 Å². The second-order valence-electron chi connectivity index (χ2n) is 8.27. The zero-order chi connectivity index (χ0) is 21.2. The number of phenolic OH excluding ortho intramolecular Hbond substituents is 1. The normalized spacial score (nSPS) is 12.9. The number of phenols is 1. The van der Waals surface area contributed by atoms with Gasteiger partial charge in [-0.1, -0.05) is 39.0 Å². The molecule has 7 heteroatoms. The number of fused-ring (bicyclic) bond motifs is 1. The first kappa shape index (κ1) is 20.8. The zero-order valence-corrected chi connectivity index (χ0v) is 17.2. The Bertz CT molecular complexity index is 986. The third-order valence-electron chi connectivity index (χ3n) is 4.56. The number of esters is 1. The van der Waals surface area contributed by atoms with Gasteiger partial charge in [-0.15, -0.1) is 15.0 Å². The number of hydrogen-bond donors (Lipinski definition) is 2. The molecule has 0 fully saturated rings.